The monoisotopic (exact) mass is 442 g/mol. The lowest BCUT2D eigenvalue weighted by Gasteiger charge is -2.37. The predicted octanol–water partition coefficient (Wildman–Crippen LogP) is 5.43. The Labute approximate surface area is 184 Å². The average Bonchev–Trinajstić information content (AvgIpc) is 3.11. The van der Waals surface area contributed by atoms with Gasteiger partial charge in [-0.1, -0.05) is 0 Å². The summed E-state index contributed by atoms with van der Waals surface area (Å²) in [4.78, 5) is 15.5. The van der Waals surface area contributed by atoms with Gasteiger partial charge in [0.05, 0.1) is 11.2 Å². The fourth-order valence-corrected chi connectivity index (χ4v) is 5.00. The maximum absolute atomic E-state index is 14.5. The van der Waals surface area contributed by atoms with E-state index in [1.807, 2.05) is 0 Å². The molecule has 1 saturated carbocycles. The lowest BCUT2D eigenvalue weighted by Crippen LogP contribution is -2.44. The first kappa shape index (κ1) is 21.1. The van der Waals surface area contributed by atoms with E-state index < -0.39 is 11.6 Å². The molecular weight excluding hydrogens is 417 g/mol. The lowest BCUT2D eigenvalue weighted by atomic mass is 9.74. The van der Waals surface area contributed by atoms with E-state index in [1.54, 1.807) is 12.1 Å². The van der Waals surface area contributed by atoms with Crippen molar-refractivity contribution in [1.82, 2.24) is 10.3 Å². The SMILES string of the molecule is O=C(CC1CCCOC1)N[C@H]1C[C@@H](c2c(-c3ccc(F)cc3)[nH]c3c(F)cc(F)cc32)C1. The number of carbonyl (C=O) groups excluding carboxylic acids is 1. The van der Waals surface area contributed by atoms with Crippen molar-refractivity contribution in [3.05, 3.63) is 59.4 Å². The fourth-order valence-electron chi connectivity index (χ4n) is 5.00. The number of benzene rings is 2. The number of aromatic amines is 1. The van der Waals surface area contributed by atoms with Crippen LogP contribution in [0.3, 0.4) is 0 Å². The number of aromatic nitrogens is 1. The van der Waals surface area contributed by atoms with Crippen molar-refractivity contribution in [2.75, 3.05) is 13.2 Å². The molecular formula is C25H25F3N2O2. The molecule has 0 bridgehead atoms. The Hall–Kier alpha value is -2.80. The maximum Gasteiger partial charge on any atom is 0.220 e. The van der Waals surface area contributed by atoms with Gasteiger partial charge in [0.1, 0.15) is 17.5 Å². The molecule has 1 atom stereocenters. The third-order valence-electron chi connectivity index (χ3n) is 6.64. The van der Waals surface area contributed by atoms with Gasteiger partial charge in [0.25, 0.3) is 0 Å². The number of fused-ring (bicyclic) bond motifs is 1. The summed E-state index contributed by atoms with van der Waals surface area (Å²) in [5.74, 6) is -1.33. The number of hydrogen-bond donors (Lipinski definition) is 2. The second-order valence-corrected chi connectivity index (χ2v) is 8.95. The molecule has 7 heteroatoms. The van der Waals surface area contributed by atoms with Crippen LogP contribution in [0.25, 0.3) is 22.2 Å². The molecule has 1 aliphatic heterocycles. The molecule has 1 unspecified atom stereocenters. The van der Waals surface area contributed by atoms with Crippen LogP contribution >= 0.6 is 0 Å². The minimum atomic E-state index is -0.659. The van der Waals surface area contributed by atoms with Crippen molar-refractivity contribution in [3.63, 3.8) is 0 Å². The summed E-state index contributed by atoms with van der Waals surface area (Å²) in [7, 11) is 0. The molecule has 3 aromatic rings. The summed E-state index contributed by atoms with van der Waals surface area (Å²) in [6, 6.07) is 8.17. The van der Waals surface area contributed by atoms with E-state index in [0.717, 1.165) is 31.1 Å². The van der Waals surface area contributed by atoms with Gasteiger partial charge in [0.15, 0.2) is 0 Å². The highest BCUT2D eigenvalue weighted by atomic mass is 19.1. The summed E-state index contributed by atoms with van der Waals surface area (Å²) >= 11 is 0. The molecule has 1 aliphatic carbocycles. The van der Waals surface area contributed by atoms with Crippen molar-refractivity contribution in [2.24, 2.45) is 5.92 Å². The Morgan fingerprint density at radius 3 is 2.59 bits per heavy atom. The van der Waals surface area contributed by atoms with E-state index >= 15 is 0 Å². The molecule has 2 aromatic carbocycles. The topological polar surface area (TPSA) is 54.1 Å². The first-order valence-corrected chi connectivity index (χ1v) is 11.1. The van der Waals surface area contributed by atoms with Crippen molar-refractivity contribution in [1.29, 1.82) is 0 Å². The van der Waals surface area contributed by atoms with Crippen LogP contribution in [0.4, 0.5) is 13.2 Å². The van der Waals surface area contributed by atoms with Crippen LogP contribution in [-0.2, 0) is 9.53 Å². The van der Waals surface area contributed by atoms with Crippen LogP contribution < -0.4 is 5.32 Å². The van der Waals surface area contributed by atoms with Gasteiger partial charge in [-0.05, 0) is 79.0 Å². The van der Waals surface area contributed by atoms with Gasteiger partial charge in [-0.15, -0.1) is 0 Å². The molecule has 2 N–H and O–H groups in total. The van der Waals surface area contributed by atoms with E-state index in [9.17, 15) is 18.0 Å². The smallest absolute Gasteiger partial charge is 0.220 e. The zero-order chi connectivity index (χ0) is 22.2. The van der Waals surface area contributed by atoms with Crippen LogP contribution in [0.2, 0.25) is 0 Å². The van der Waals surface area contributed by atoms with E-state index in [0.29, 0.717) is 42.5 Å². The van der Waals surface area contributed by atoms with Gasteiger partial charge in [-0.25, -0.2) is 13.2 Å². The minimum absolute atomic E-state index is 0.0266. The molecule has 5 rings (SSSR count). The Bertz CT molecular complexity index is 1130. The molecule has 4 nitrogen and oxygen atoms in total. The lowest BCUT2D eigenvalue weighted by molar-refractivity contribution is -0.124. The molecule has 0 spiro atoms. The summed E-state index contributed by atoms with van der Waals surface area (Å²) in [5, 5.41) is 3.59. The highest BCUT2D eigenvalue weighted by Crippen LogP contribution is 2.45. The predicted molar refractivity (Wildman–Crippen MR) is 116 cm³/mol. The molecule has 1 aromatic heterocycles. The molecule has 2 fully saturated rings. The summed E-state index contributed by atoms with van der Waals surface area (Å²) in [5.41, 5.74) is 2.43. The van der Waals surface area contributed by atoms with E-state index in [-0.39, 0.29) is 35.1 Å². The Kier molecular flexibility index (Phi) is 5.67. The Morgan fingerprint density at radius 2 is 1.88 bits per heavy atom. The molecule has 0 radical (unpaired) electrons. The zero-order valence-electron chi connectivity index (χ0n) is 17.6. The van der Waals surface area contributed by atoms with Crippen LogP contribution in [-0.4, -0.2) is 30.1 Å². The number of rotatable bonds is 5. The first-order valence-electron chi connectivity index (χ1n) is 11.1. The van der Waals surface area contributed by atoms with Crippen LogP contribution in [0, 0.1) is 23.4 Å². The Balaban J connectivity index is 1.36. The molecule has 1 amide bonds. The third kappa shape index (κ3) is 4.13. The molecule has 2 aliphatic rings. The largest absolute Gasteiger partial charge is 0.381 e. The third-order valence-corrected chi connectivity index (χ3v) is 6.64. The van der Waals surface area contributed by atoms with Gasteiger partial charge in [0.2, 0.25) is 5.91 Å². The highest BCUT2D eigenvalue weighted by molar-refractivity contribution is 5.92. The van der Waals surface area contributed by atoms with Gasteiger partial charge >= 0.3 is 0 Å². The molecule has 32 heavy (non-hydrogen) atoms. The number of nitrogens with one attached hydrogen (secondary N) is 2. The summed E-state index contributed by atoms with van der Waals surface area (Å²) in [6.07, 6.45) is 3.83. The number of hydrogen-bond acceptors (Lipinski definition) is 2. The normalized spacial score (nSPS) is 23.2. The minimum Gasteiger partial charge on any atom is -0.381 e. The van der Waals surface area contributed by atoms with Crippen molar-refractivity contribution in [2.45, 2.75) is 44.1 Å². The number of carbonyl (C=O) groups is 1. The Morgan fingerprint density at radius 1 is 1.09 bits per heavy atom. The van der Waals surface area contributed by atoms with Crippen LogP contribution in [0.15, 0.2) is 36.4 Å². The second-order valence-electron chi connectivity index (χ2n) is 8.95. The van der Waals surface area contributed by atoms with Gasteiger partial charge in [-0.3, -0.25) is 4.79 Å². The van der Waals surface area contributed by atoms with E-state index in [4.69, 9.17) is 4.74 Å². The summed E-state index contributed by atoms with van der Waals surface area (Å²) in [6.45, 7) is 1.40. The standard InChI is InChI=1S/C25H25F3N2O2/c26-17-5-3-15(4-6-17)24-23(20-11-18(27)12-21(28)25(20)30-24)16-9-19(10-16)29-22(31)8-14-2-1-7-32-13-14/h3-6,11-12,14,16,19,30H,1-2,7-10,13H2,(H,29,31)/t14?,16-,19+. The highest BCUT2D eigenvalue weighted by Gasteiger charge is 2.35. The second kappa shape index (κ2) is 8.62. The molecule has 2 heterocycles. The fraction of sp³-hybridized carbons (Fsp3) is 0.400. The van der Waals surface area contributed by atoms with Gasteiger partial charge < -0.3 is 15.0 Å². The molecule has 1 saturated heterocycles. The zero-order valence-corrected chi connectivity index (χ0v) is 17.6. The number of halogens is 3. The van der Waals surface area contributed by atoms with E-state index in [1.165, 1.54) is 18.2 Å². The number of amides is 1. The number of H-pyrrole nitrogens is 1. The average molecular weight is 442 g/mol. The van der Waals surface area contributed by atoms with Crippen molar-refractivity contribution < 1.29 is 22.7 Å². The molecule has 168 valence electrons. The first-order chi connectivity index (χ1) is 15.5. The van der Waals surface area contributed by atoms with Crippen molar-refractivity contribution >= 4 is 16.8 Å². The van der Waals surface area contributed by atoms with Gasteiger partial charge in [0, 0.05) is 37.1 Å². The maximum atomic E-state index is 14.5. The van der Waals surface area contributed by atoms with Crippen LogP contribution in [0.5, 0.6) is 0 Å². The quantitative estimate of drug-likeness (QED) is 0.554. The summed E-state index contributed by atoms with van der Waals surface area (Å²) < 4.78 is 47.4. The number of ether oxygens (including phenoxy) is 1. The van der Waals surface area contributed by atoms with Crippen molar-refractivity contribution in [3.8, 4) is 11.3 Å². The van der Waals surface area contributed by atoms with Crippen LogP contribution in [0.1, 0.15) is 43.6 Å². The van der Waals surface area contributed by atoms with Gasteiger partial charge in [-0.2, -0.15) is 0 Å². The van der Waals surface area contributed by atoms with E-state index in [2.05, 4.69) is 10.3 Å².